The summed E-state index contributed by atoms with van der Waals surface area (Å²) >= 11 is 1.59. The number of hydrogen-bond donors (Lipinski definition) is 1. The molecule has 0 atom stereocenters. The van der Waals surface area contributed by atoms with E-state index in [4.69, 9.17) is 10.5 Å². The molecule has 7 heteroatoms. The van der Waals surface area contributed by atoms with Gasteiger partial charge in [0.1, 0.15) is 0 Å². The maximum atomic E-state index is 5.43. The van der Waals surface area contributed by atoms with E-state index >= 15 is 0 Å². The summed E-state index contributed by atoms with van der Waals surface area (Å²) in [5.74, 6) is 0.866. The lowest BCUT2D eigenvalue weighted by atomic mass is 10.5. The van der Waals surface area contributed by atoms with Crippen LogP contribution in [-0.4, -0.2) is 45.7 Å². The third kappa shape index (κ3) is 4.59. The first kappa shape index (κ1) is 12.4. The van der Waals surface area contributed by atoms with Crippen LogP contribution in [0.2, 0.25) is 0 Å². The van der Waals surface area contributed by atoms with E-state index in [1.807, 2.05) is 0 Å². The molecule has 0 unspecified atom stereocenters. The van der Waals surface area contributed by atoms with Crippen molar-refractivity contribution in [1.29, 1.82) is 0 Å². The van der Waals surface area contributed by atoms with Crippen LogP contribution in [0.1, 0.15) is 13.3 Å². The van der Waals surface area contributed by atoms with Gasteiger partial charge in [-0.3, -0.25) is 0 Å². The fourth-order valence-corrected chi connectivity index (χ4v) is 1.76. The third-order valence-electron chi connectivity index (χ3n) is 1.65. The molecule has 0 fully saturated rings. The molecule has 0 aliphatic heterocycles. The minimum atomic E-state index is 0.547. The lowest BCUT2D eigenvalue weighted by Crippen LogP contribution is -2.12. The Morgan fingerprint density at radius 1 is 1.47 bits per heavy atom. The number of thioether (sulfide) groups is 1. The van der Waals surface area contributed by atoms with Gasteiger partial charge in [0.05, 0.1) is 13.2 Å². The highest BCUT2D eigenvalue weighted by atomic mass is 32.2. The monoisotopic (exact) mass is 231 g/mol. The number of aromatic nitrogens is 4. The van der Waals surface area contributed by atoms with Gasteiger partial charge in [-0.2, -0.15) is 0 Å². The molecule has 0 bridgehead atoms. The highest BCUT2D eigenvalue weighted by molar-refractivity contribution is 7.99. The zero-order valence-electron chi connectivity index (χ0n) is 8.93. The molecule has 0 aliphatic rings. The molecule has 1 aromatic rings. The maximum Gasteiger partial charge on any atom is 0.209 e. The number of nitrogens with zero attached hydrogens (tertiary/aromatic N) is 4. The quantitative estimate of drug-likeness (QED) is 0.507. The second kappa shape index (κ2) is 7.61. The number of ether oxygens (including phenoxy) is 1. The first-order chi connectivity index (χ1) is 7.38. The molecule has 0 radical (unpaired) electrons. The Morgan fingerprint density at radius 3 is 3.07 bits per heavy atom. The van der Waals surface area contributed by atoms with Crippen molar-refractivity contribution in [2.24, 2.45) is 5.73 Å². The van der Waals surface area contributed by atoms with E-state index in [1.165, 1.54) is 0 Å². The molecule has 6 nitrogen and oxygen atoms in total. The summed E-state index contributed by atoms with van der Waals surface area (Å²) in [4.78, 5) is 0. The largest absolute Gasteiger partial charge is 0.381 e. The smallest absolute Gasteiger partial charge is 0.209 e. The highest BCUT2D eigenvalue weighted by Gasteiger charge is 2.04. The zero-order valence-corrected chi connectivity index (χ0v) is 9.74. The number of tetrazole rings is 1. The van der Waals surface area contributed by atoms with Gasteiger partial charge < -0.3 is 10.5 Å². The Morgan fingerprint density at radius 2 is 2.33 bits per heavy atom. The summed E-state index contributed by atoms with van der Waals surface area (Å²) in [5.41, 5.74) is 5.43. The normalized spacial score (nSPS) is 10.8. The molecule has 0 spiro atoms. The van der Waals surface area contributed by atoms with Crippen LogP contribution in [0.25, 0.3) is 0 Å². The van der Waals surface area contributed by atoms with Crippen LogP contribution in [0.15, 0.2) is 5.16 Å². The van der Waals surface area contributed by atoms with Gasteiger partial charge in [0.15, 0.2) is 0 Å². The van der Waals surface area contributed by atoms with Gasteiger partial charge in [-0.25, -0.2) is 4.68 Å². The Labute approximate surface area is 93.5 Å². The van der Waals surface area contributed by atoms with Gasteiger partial charge in [-0.1, -0.05) is 18.7 Å². The molecular formula is C8H17N5OS. The van der Waals surface area contributed by atoms with E-state index in [1.54, 1.807) is 16.4 Å². The second-order valence-electron chi connectivity index (χ2n) is 2.93. The van der Waals surface area contributed by atoms with Crippen molar-refractivity contribution in [3.05, 3.63) is 0 Å². The first-order valence-corrected chi connectivity index (χ1v) is 6.03. The molecule has 1 heterocycles. The van der Waals surface area contributed by atoms with Gasteiger partial charge in [-0.15, -0.1) is 5.10 Å². The van der Waals surface area contributed by atoms with Crippen molar-refractivity contribution in [2.75, 3.05) is 25.5 Å². The molecule has 15 heavy (non-hydrogen) atoms. The Bertz CT molecular complexity index is 267. The van der Waals surface area contributed by atoms with E-state index in [0.29, 0.717) is 13.1 Å². The van der Waals surface area contributed by atoms with Crippen LogP contribution in [0, 0.1) is 0 Å². The SMILES string of the molecule is CCCOCCSc1nnnn1CCN. The van der Waals surface area contributed by atoms with Crippen LogP contribution in [0.3, 0.4) is 0 Å². The van der Waals surface area contributed by atoms with Gasteiger partial charge in [0, 0.05) is 18.9 Å². The van der Waals surface area contributed by atoms with Crippen molar-refractivity contribution < 1.29 is 4.74 Å². The molecule has 0 aliphatic carbocycles. The number of nitrogens with two attached hydrogens (primary N) is 1. The highest BCUT2D eigenvalue weighted by Crippen LogP contribution is 2.12. The predicted octanol–water partition coefficient (Wildman–Crippen LogP) is 0.151. The maximum absolute atomic E-state index is 5.43. The van der Waals surface area contributed by atoms with E-state index < -0.39 is 0 Å². The summed E-state index contributed by atoms with van der Waals surface area (Å²) in [7, 11) is 0. The fraction of sp³-hybridized carbons (Fsp3) is 0.875. The van der Waals surface area contributed by atoms with Crippen LogP contribution in [0.5, 0.6) is 0 Å². The van der Waals surface area contributed by atoms with Gasteiger partial charge in [0.2, 0.25) is 5.16 Å². The standard InChI is InChI=1S/C8H17N5OS/c1-2-5-14-6-7-15-8-10-11-12-13(8)4-3-9/h2-7,9H2,1H3. The van der Waals surface area contributed by atoms with Crippen LogP contribution >= 0.6 is 11.8 Å². The average Bonchev–Trinajstić information content (AvgIpc) is 2.66. The van der Waals surface area contributed by atoms with Crippen molar-refractivity contribution in [1.82, 2.24) is 20.2 Å². The van der Waals surface area contributed by atoms with Crippen LogP contribution in [-0.2, 0) is 11.3 Å². The lowest BCUT2D eigenvalue weighted by Gasteiger charge is -2.02. The predicted molar refractivity (Wildman–Crippen MR) is 58.7 cm³/mol. The number of rotatable bonds is 8. The van der Waals surface area contributed by atoms with Crippen molar-refractivity contribution >= 4 is 11.8 Å². The molecule has 0 saturated carbocycles. The third-order valence-corrected chi connectivity index (χ3v) is 2.57. The first-order valence-electron chi connectivity index (χ1n) is 5.05. The van der Waals surface area contributed by atoms with Gasteiger partial charge in [0.25, 0.3) is 0 Å². The molecule has 86 valence electrons. The molecule has 2 N–H and O–H groups in total. The zero-order chi connectivity index (χ0) is 10.9. The van der Waals surface area contributed by atoms with E-state index in [0.717, 1.165) is 30.5 Å². The summed E-state index contributed by atoms with van der Waals surface area (Å²) in [5, 5.41) is 12.1. The Kier molecular flexibility index (Phi) is 6.29. The molecular weight excluding hydrogens is 214 g/mol. The molecule has 0 saturated heterocycles. The lowest BCUT2D eigenvalue weighted by molar-refractivity contribution is 0.151. The van der Waals surface area contributed by atoms with E-state index in [9.17, 15) is 0 Å². The van der Waals surface area contributed by atoms with Gasteiger partial charge in [-0.05, 0) is 16.8 Å². The minimum Gasteiger partial charge on any atom is -0.381 e. The molecule has 0 aromatic carbocycles. The Balaban J connectivity index is 2.21. The van der Waals surface area contributed by atoms with Crippen molar-refractivity contribution in [2.45, 2.75) is 25.0 Å². The van der Waals surface area contributed by atoms with Crippen molar-refractivity contribution in [3.63, 3.8) is 0 Å². The summed E-state index contributed by atoms with van der Waals surface area (Å²) < 4.78 is 7.07. The molecule has 1 aromatic heterocycles. The molecule has 0 amide bonds. The van der Waals surface area contributed by atoms with E-state index in [-0.39, 0.29) is 0 Å². The van der Waals surface area contributed by atoms with Crippen molar-refractivity contribution in [3.8, 4) is 0 Å². The topological polar surface area (TPSA) is 78.9 Å². The summed E-state index contributed by atoms with van der Waals surface area (Å²) in [6.45, 7) is 4.84. The second-order valence-corrected chi connectivity index (χ2v) is 4.00. The minimum absolute atomic E-state index is 0.547. The fourth-order valence-electron chi connectivity index (χ4n) is 1.00. The average molecular weight is 231 g/mol. The summed E-state index contributed by atoms with van der Waals surface area (Å²) in [6, 6.07) is 0. The van der Waals surface area contributed by atoms with Crippen LogP contribution < -0.4 is 5.73 Å². The Hall–Kier alpha value is -0.660. The van der Waals surface area contributed by atoms with Gasteiger partial charge >= 0.3 is 0 Å². The molecule has 1 rings (SSSR count). The number of hydrogen-bond acceptors (Lipinski definition) is 6. The van der Waals surface area contributed by atoms with Crippen LogP contribution in [0.4, 0.5) is 0 Å². The van der Waals surface area contributed by atoms with E-state index in [2.05, 4.69) is 22.4 Å². The summed E-state index contributed by atoms with van der Waals surface area (Å²) in [6.07, 6.45) is 1.05.